The van der Waals surface area contributed by atoms with Crippen molar-refractivity contribution in [2.45, 2.75) is 39.8 Å². The summed E-state index contributed by atoms with van der Waals surface area (Å²) in [6.45, 7) is 14.5. The van der Waals surface area contributed by atoms with Gasteiger partial charge in [0.15, 0.2) is 0 Å². The van der Waals surface area contributed by atoms with Gasteiger partial charge in [-0.15, -0.1) is 0 Å². The summed E-state index contributed by atoms with van der Waals surface area (Å²) < 4.78 is 5.37. The van der Waals surface area contributed by atoms with Crippen LogP contribution in [0.1, 0.15) is 27.7 Å². The van der Waals surface area contributed by atoms with Gasteiger partial charge in [0, 0.05) is 45.4 Å². The zero-order valence-electron chi connectivity index (χ0n) is 12.8. The van der Waals surface area contributed by atoms with Crippen molar-refractivity contribution in [1.82, 2.24) is 15.1 Å². The smallest absolute Gasteiger partial charge is 0.237 e. The first-order valence-corrected chi connectivity index (χ1v) is 7.39. The summed E-state index contributed by atoms with van der Waals surface area (Å²) in [7, 11) is 0. The maximum absolute atomic E-state index is 12.0. The van der Waals surface area contributed by atoms with Gasteiger partial charge < -0.3 is 10.1 Å². The average molecular weight is 271 g/mol. The molecule has 0 aromatic heterocycles. The first-order chi connectivity index (χ1) is 9.04. The SMILES string of the molecule is CCOCCN1CCN([C@H](C)C(=O)NC(C)C)CC1. The van der Waals surface area contributed by atoms with Crippen LogP contribution in [0.2, 0.25) is 0 Å². The van der Waals surface area contributed by atoms with Gasteiger partial charge in [0.2, 0.25) is 5.91 Å². The number of nitrogens with one attached hydrogen (secondary N) is 1. The normalized spacial score (nSPS) is 19.6. The second-order valence-corrected chi connectivity index (χ2v) is 5.41. The van der Waals surface area contributed by atoms with Gasteiger partial charge >= 0.3 is 0 Å². The maximum Gasteiger partial charge on any atom is 0.237 e. The predicted octanol–water partition coefficient (Wildman–Crippen LogP) is 0.554. The molecular formula is C14H29N3O2. The Morgan fingerprint density at radius 3 is 2.37 bits per heavy atom. The number of piperazine rings is 1. The van der Waals surface area contributed by atoms with E-state index >= 15 is 0 Å². The van der Waals surface area contributed by atoms with Crippen LogP contribution in [0.5, 0.6) is 0 Å². The summed E-state index contributed by atoms with van der Waals surface area (Å²) >= 11 is 0. The molecule has 0 aromatic carbocycles. The molecule has 5 nitrogen and oxygen atoms in total. The minimum atomic E-state index is -0.0311. The molecule has 0 aliphatic carbocycles. The van der Waals surface area contributed by atoms with Gasteiger partial charge in [-0.05, 0) is 27.7 Å². The molecule has 0 aromatic rings. The van der Waals surface area contributed by atoms with E-state index in [2.05, 4.69) is 15.1 Å². The van der Waals surface area contributed by atoms with Crippen LogP contribution in [0.15, 0.2) is 0 Å². The lowest BCUT2D eigenvalue weighted by Gasteiger charge is -2.37. The molecule has 0 bridgehead atoms. The number of amides is 1. The molecule has 112 valence electrons. The Balaban J connectivity index is 2.26. The zero-order chi connectivity index (χ0) is 14.3. The van der Waals surface area contributed by atoms with Gasteiger partial charge in [-0.3, -0.25) is 14.6 Å². The molecule has 1 saturated heterocycles. The second kappa shape index (κ2) is 8.51. The molecule has 1 aliphatic rings. The number of carbonyl (C=O) groups is 1. The number of nitrogens with zero attached hydrogens (tertiary/aromatic N) is 2. The molecule has 1 fully saturated rings. The third kappa shape index (κ3) is 5.89. The van der Waals surface area contributed by atoms with E-state index in [0.717, 1.165) is 45.9 Å². The molecule has 0 spiro atoms. The van der Waals surface area contributed by atoms with E-state index in [-0.39, 0.29) is 18.0 Å². The summed E-state index contributed by atoms with van der Waals surface area (Å²) in [4.78, 5) is 16.6. The van der Waals surface area contributed by atoms with Crippen molar-refractivity contribution in [1.29, 1.82) is 0 Å². The van der Waals surface area contributed by atoms with Crippen molar-refractivity contribution in [3.05, 3.63) is 0 Å². The quantitative estimate of drug-likeness (QED) is 0.687. The summed E-state index contributed by atoms with van der Waals surface area (Å²) in [5, 5.41) is 2.98. The van der Waals surface area contributed by atoms with Gasteiger partial charge in [-0.1, -0.05) is 0 Å². The van der Waals surface area contributed by atoms with E-state index in [0.29, 0.717) is 0 Å². The van der Waals surface area contributed by atoms with E-state index < -0.39 is 0 Å². The highest BCUT2D eigenvalue weighted by Crippen LogP contribution is 2.06. The number of hydrogen-bond donors (Lipinski definition) is 1. The topological polar surface area (TPSA) is 44.8 Å². The van der Waals surface area contributed by atoms with E-state index in [1.165, 1.54) is 0 Å². The van der Waals surface area contributed by atoms with Crippen LogP contribution in [0.4, 0.5) is 0 Å². The fourth-order valence-electron chi connectivity index (χ4n) is 2.28. The van der Waals surface area contributed by atoms with E-state index in [9.17, 15) is 4.79 Å². The van der Waals surface area contributed by atoms with Gasteiger partial charge in [0.25, 0.3) is 0 Å². The van der Waals surface area contributed by atoms with Crippen LogP contribution >= 0.6 is 0 Å². The fourth-order valence-corrected chi connectivity index (χ4v) is 2.28. The Morgan fingerprint density at radius 1 is 1.21 bits per heavy atom. The van der Waals surface area contributed by atoms with Gasteiger partial charge in [-0.2, -0.15) is 0 Å². The maximum atomic E-state index is 12.0. The Hall–Kier alpha value is -0.650. The molecule has 1 rings (SSSR count). The van der Waals surface area contributed by atoms with Crippen molar-refractivity contribution in [3.63, 3.8) is 0 Å². The van der Waals surface area contributed by atoms with Gasteiger partial charge in [0.1, 0.15) is 0 Å². The average Bonchev–Trinajstić information content (AvgIpc) is 2.38. The largest absolute Gasteiger partial charge is 0.380 e. The molecule has 0 unspecified atom stereocenters. The monoisotopic (exact) mass is 271 g/mol. The fraction of sp³-hybridized carbons (Fsp3) is 0.929. The summed E-state index contributed by atoms with van der Waals surface area (Å²) in [5.74, 6) is 0.137. The number of rotatable bonds is 7. The van der Waals surface area contributed by atoms with Crippen molar-refractivity contribution >= 4 is 5.91 Å². The minimum Gasteiger partial charge on any atom is -0.380 e. The molecular weight excluding hydrogens is 242 g/mol. The highest BCUT2D eigenvalue weighted by Gasteiger charge is 2.25. The first kappa shape index (κ1) is 16.4. The second-order valence-electron chi connectivity index (χ2n) is 5.41. The Kier molecular flexibility index (Phi) is 7.34. The van der Waals surface area contributed by atoms with Crippen LogP contribution in [-0.4, -0.2) is 73.7 Å². The molecule has 0 saturated carbocycles. The van der Waals surface area contributed by atoms with E-state index in [4.69, 9.17) is 4.74 Å². The Labute approximate surface area is 117 Å². The van der Waals surface area contributed by atoms with Crippen molar-refractivity contribution in [2.24, 2.45) is 0 Å². The first-order valence-electron chi connectivity index (χ1n) is 7.39. The Bertz CT molecular complexity index is 263. The molecule has 1 N–H and O–H groups in total. The summed E-state index contributed by atoms with van der Waals surface area (Å²) in [5.41, 5.74) is 0. The van der Waals surface area contributed by atoms with E-state index in [1.807, 2.05) is 27.7 Å². The third-order valence-corrected chi connectivity index (χ3v) is 3.52. The number of ether oxygens (including phenoxy) is 1. The predicted molar refractivity (Wildman–Crippen MR) is 77.2 cm³/mol. The standard InChI is InChI=1S/C14H29N3O2/c1-5-19-11-10-16-6-8-17(9-7-16)13(4)14(18)15-12(2)3/h12-13H,5-11H2,1-4H3,(H,15,18)/t13-/m1/s1. The molecule has 0 radical (unpaired) electrons. The third-order valence-electron chi connectivity index (χ3n) is 3.52. The number of carbonyl (C=O) groups excluding carboxylic acids is 1. The lowest BCUT2D eigenvalue weighted by Crippen LogP contribution is -2.54. The van der Waals surface area contributed by atoms with Crippen molar-refractivity contribution in [2.75, 3.05) is 45.9 Å². The highest BCUT2D eigenvalue weighted by molar-refractivity contribution is 5.81. The molecule has 1 aliphatic heterocycles. The summed E-state index contributed by atoms with van der Waals surface area (Å²) in [6, 6.07) is 0.180. The zero-order valence-corrected chi connectivity index (χ0v) is 12.8. The molecule has 1 amide bonds. The molecule has 5 heteroatoms. The molecule has 19 heavy (non-hydrogen) atoms. The molecule has 1 atom stereocenters. The van der Waals surface area contributed by atoms with Crippen molar-refractivity contribution in [3.8, 4) is 0 Å². The number of hydrogen-bond acceptors (Lipinski definition) is 4. The van der Waals surface area contributed by atoms with Crippen LogP contribution in [-0.2, 0) is 9.53 Å². The highest BCUT2D eigenvalue weighted by atomic mass is 16.5. The minimum absolute atomic E-state index is 0.0311. The lowest BCUT2D eigenvalue weighted by atomic mass is 10.2. The van der Waals surface area contributed by atoms with Crippen LogP contribution in [0, 0.1) is 0 Å². The van der Waals surface area contributed by atoms with Crippen LogP contribution < -0.4 is 5.32 Å². The van der Waals surface area contributed by atoms with Gasteiger partial charge in [-0.25, -0.2) is 0 Å². The van der Waals surface area contributed by atoms with Crippen molar-refractivity contribution < 1.29 is 9.53 Å². The Morgan fingerprint density at radius 2 is 1.84 bits per heavy atom. The molecule has 1 heterocycles. The van der Waals surface area contributed by atoms with Crippen LogP contribution in [0.3, 0.4) is 0 Å². The van der Waals surface area contributed by atoms with Crippen LogP contribution in [0.25, 0.3) is 0 Å². The summed E-state index contributed by atoms with van der Waals surface area (Å²) in [6.07, 6.45) is 0. The lowest BCUT2D eigenvalue weighted by molar-refractivity contribution is -0.127. The van der Waals surface area contributed by atoms with E-state index in [1.54, 1.807) is 0 Å². The van der Waals surface area contributed by atoms with Gasteiger partial charge in [0.05, 0.1) is 12.6 Å².